The van der Waals surface area contributed by atoms with Gasteiger partial charge in [0.1, 0.15) is 23.1 Å². The minimum Gasteiger partial charge on any atom is -0.493 e. The highest BCUT2D eigenvalue weighted by molar-refractivity contribution is 6.05. The van der Waals surface area contributed by atoms with Gasteiger partial charge in [-0.05, 0) is 24.6 Å². The van der Waals surface area contributed by atoms with Crippen LogP contribution in [0.4, 0.5) is 18.9 Å². The summed E-state index contributed by atoms with van der Waals surface area (Å²) in [5.74, 6) is -3.53. The molecule has 0 radical (unpaired) electrons. The molecule has 128 valence electrons. The maximum Gasteiger partial charge on any atom is 0.258 e. The van der Waals surface area contributed by atoms with Gasteiger partial charge in [0.2, 0.25) is 0 Å². The zero-order valence-corrected chi connectivity index (χ0v) is 13.2. The second-order valence-electron chi connectivity index (χ2n) is 4.88. The van der Waals surface area contributed by atoms with Crippen molar-refractivity contribution in [3.8, 4) is 11.5 Å². The van der Waals surface area contributed by atoms with Crippen LogP contribution in [0.25, 0.3) is 0 Å². The van der Waals surface area contributed by atoms with E-state index >= 15 is 0 Å². The molecule has 1 amide bonds. The summed E-state index contributed by atoms with van der Waals surface area (Å²) < 4.78 is 51.7. The Morgan fingerprint density at radius 3 is 2.33 bits per heavy atom. The molecule has 4 nitrogen and oxygen atoms in total. The van der Waals surface area contributed by atoms with Crippen LogP contribution in [0, 0.1) is 17.5 Å². The van der Waals surface area contributed by atoms with E-state index in [-0.39, 0.29) is 11.5 Å². The molecule has 7 heteroatoms. The minimum atomic E-state index is -1.000. The Morgan fingerprint density at radius 2 is 1.75 bits per heavy atom. The Morgan fingerprint density at radius 1 is 1.08 bits per heavy atom. The fraction of sp³-hybridized carbons (Fsp3) is 0.235. The van der Waals surface area contributed by atoms with Crippen LogP contribution in [0.15, 0.2) is 30.3 Å². The predicted molar refractivity (Wildman–Crippen MR) is 83.0 cm³/mol. The predicted octanol–water partition coefficient (Wildman–Crippen LogP) is 4.15. The topological polar surface area (TPSA) is 47.6 Å². The molecule has 2 aromatic carbocycles. The number of amides is 1. The Labute approximate surface area is 137 Å². The molecular weight excluding hydrogens is 323 g/mol. The lowest BCUT2D eigenvalue weighted by Gasteiger charge is -2.13. The van der Waals surface area contributed by atoms with Crippen LogP contribution in [-0.2, 0) is 0 Å². The molecule has 0 aliphatic carbocycles. The molecule has 0 fully saturated rings. The van der Waals surface area contributed by atoms with Gasteiger partial charge in [-0.2, -0.15) is 0 Å². The molecule has 0 bridgehead atoms. The van der Waals surface area contributed by atoms with Crippen LogP contribution in [0.1, 0.15) is 23.7 Å². The van der Waals surface area contributed by atoms with E-state index in [4.69, 9.17) is 9.47 Å². The number of ether oxygens (including phenoxy) is 2. The molecule has 0 aliphatic rings. The van der Waals surface area contributed by atoms with E-state index < -0.39 is 34.6 Å². The molecule has 0 unspecified atom stereocenters. The van der Waals surface area contributed by atoms with Gasteiger partial charge in [0.25, 0.3) is 5.91 Å². The average Bonchev–Trinajstić information content (AvgIpc) is 2.56. The van der Waals surface area contributed by atoms with E-state index in [1.165, 1.54) is 7.11 Å². The van der Waals surface area contributed by atoms with Crippen LogP contribution in [0.5, 0.6) is 11.5 Å². The summed E-state index contributed by atoms with van der Waals surface area (Å²) in [4.78, 5) is 12.2. The second-order valence-corrected chi connectivity index (χ2v) is 4.88. The molecule has 1 N–H and O–H groups in total. The van der Waals surface area contributed by atoms with E-state index in [2.05, 4.69) is 0 Å². The Hall–Kier alpha value is -2.70. The van der Waals surface area contributed by atoms with Gasteiger partial charge in [-0.15, -0.1) is 0 Å². The van der Waals surface area contributed by atoms with Crippen molar-refractivity contribution in [3.05, 3.63) is 53.3 Å². The largest absolute Gasteiger partial charge is 0.493 e. The molecule has 0 spiro atoms. The third-order valence-electron chi connectivity index (χ3n) is 3.16. The maximum atomic E-state index is 14.1. The number of methoxy groups -OCH3 is 1. The maximum absolute atomic E-state index is 14.1. The summed E-state index contributed by atoms with van der Waals surface area (Å²) in [7, 11) is 1.34. The van der Waals surface area contributed by atoms with Crippen molar-refractivity contribution in [2.45, 2.75) is 13.3 Å². The fourth-order valence-electron chi connectivity index (χ4n) is 1.99. The van der Waals surface area contributed by atoms with Gasteiger partial charge in [0.15, 0.2) is 11.5 Å². The normalized spacial score (nSPS) is 10.4. The van der Waals surface area contributed by atoms with E-state index in [0.717, 1.165) is 30.3 Å². The SMILES string of the molecule is CCCOc1cc(C(=O)Nc2c(F)cccc2F)c(F)cc1OC. The fourth-order valence-corrected chi connectivity index (χ4v) is 1.99. The number of hydrogen-bond acceptors (Lipinski definition) is 3. The Bertz CT molecular complexity index is 730. The van der Waals surface area contributed by atoms with Crippen molar-refractivity contribution in [2.24, 2.45) is 0 Å². The van der Waals surface area contributed by atoms with E-state index in [1.807, 2.05) is 12.2 Å². The number of hydrogen-bond donors (Lipinski definition) is 1. The number of halogens is 3. The lowest BCUT2D eigenvalue weighted by atomic mass is 10.1. The van der Waals surface area contributed by atoms with Crippen molar-refractivity contribution in [1.29, 1.82) is 0 Å². The average molecular weight is 339 g/mol. The van der Waals surface area contributed by atoms with Gasteiger partial charge in [-0.25, -0.2) is 13.2 Å². The summed E-state index contributed by atoms with van der Waals surface area (Å²) in [6, 6.07) is 5.25. The molecule has 2 aromatic rings. The third-order valence-corrected chi connectivity index (χ3v) is 3.16. The van der Waals surface area contributed by atoms with E-state index in [0.29, 0.717) is 13.0 Å². The monoisotopic (exact) mass is 339 g/mol. The van der Waals surface area contributed by atoms with Crippen LogP contribution in [-0.4, -0.2) is 19.6 Å². The van der Waals surface area contributed by atoms with Crippen molar-refractivity contribution in [2.75, 3.05) is 19.0 Å². The molecule has 0 saturated heterocycles. The van der Waals surface area contributed by atoms with Crippen molar-refractivity contribution >= 4 is 11.6 Å². The number of carbonyl (C=O) groups excluding carboxylic acids is 1. The van der Waals surface area contributed by atoms with Crippen LogP contribution >= 0.6 is 0 Å². The number of carbonyl (C=O) groups is 1. The standard InChI is InChI=1S/C17H16F3NO3/c1-3-7-24-15-8-10(13(20)9-14(15)23-2)17(22)21-16-11(18)5-4-6-12(16)19/h4-6,8-9H,3,7H2,1-2H3,(H,21,22). The molecule has 0 heterocycles. The zero-order valence-electron chi connectivity index (χ0n) is 13.2. The minimum absolute atomic E-state index is 0.120. The highest BCUT2D eigenvalue weighted by Gasteiger charge is 2.20. The van der Waals surface area contributed by atoms with Gasteiger partial charge >= 0.3 is 0 Å². The molecular formula is C17H16F3NO3. The summed E-state index contributed by atoms with van der Waals surface area (Å²) >= 11 is 0. The lowest BCUT2D eigenvalue weighted by molar-refractivity contribution is 0.102. The highest BCUT2D eigenvalue weighted by Crippen LogP contribution is 2.31. The summed E-state index contributed by atoms with van der Waals surface area (Å²) in [5, 5.41) is 2.03. The first-order valence-corrected chi connectivity index (χ1v) is 7.23. The van der Waals surface area contributed by atoms with Gasteiger partial charge in [-0.3, -0.25) is 4.79 Å². The van der Waals surface area contributed by atoms with E-state index in [9.17, 15) is 18.0 Å². The van der Waals surface area contributed by atoms with Crippen molar-refractivity contribution in [1.82, 2.24) is 0 Å². The van der Waals surface area contributed by atoms with Crippen LogP contribution in [0.3, 0.4) is 0 Å². The number of para-hydroxylation sites is 1. The quantitative estimate of drug-likeness (QED) is 0.860. The first kappa shape index (κ1) is 17.7. The van der Waals surface area contributed by atoms with Crippen LogP contribution in [0.2, 0.25) is 0 Å². The van der Waals surface area contributed by atoms with Gasteiger partial charge in [-0.1, -0.05) is 13.0 Å². The molecule has 0 atom stereocenters. The highest BCUT2D eigenvalue weighted by atomic mass is 19.1. The Kier molecular flexibility index (Phi) is 5.68. The van der Waals surface area contributed by atoms with Crippen molar-refractivity contribution in [3.63, 3.8) is 0 Å². The number of rotatable bonds is 6. The van der Waals surface area contributed by atoms with Gasteiger partial charge in [0, 0.05) is 6.07 Å². The smallest absolute Gasteiger partial charge is 0.258 e. The van der Waals surface area contributed by atoms with Gasteiger partial charge < -0.3 is 14.8 Å². The number of nitrogens with one attached hydrogen (secondary N) is 1. The summed E-state index contributed by atoms with van der Waals surface area (Å²) in [6.45, 7) is 2.22. The molecule has 0 aromatic heterocycles. The number of benzene rings is 2. The van der Waals surface area contributed by atoms with Crippen LogP contribution < -0.4 is 14.8 Å². The molecule has 24 heavy (non-hydrogen) atoms. The first-order chi connectivity index (χ1) is 11.5. The molecule has 0 saturated carbocycles. The Balaban J connectivity index is 2.35. The third kappa shape index (κ3) is 3.79. The van der Waals surface area contributed by atoms with E-state index in [1.54, 1.807) is 0 Å². The first-order valence-electron chi connectivity index (χ1n) is 7.23. The second kappa shape index (κ2) is 7.72. The van der Waals surface area contributed by atoms with Gasteiger partial charge in [0.05, 0.1) is 19.3 Å². The molecule has 2 rings (SSSR count). The molecule has 0 aliphatic heterocycles. The zero-order chi connectivity index (χ0) is 17.7. The summed E-state index contributed by atoms with van der Waals surface area (Å²) in [6.07, 6.45) is 0.697. The number of anilines is 1. The summed E-state index contributed by atoms with van der Waals surface area (Å²) in [5.41, 5.74) is -1.06. The lowest BCUT2D eigenvalue weighted by Crippen LogP contribution is -2.16. The van der Waals surface area contributed by atoms with Crippen molar-refractivity contribution < 1.29 is 27.4 Å².